The van der Waals surface area contributed by atoms with Crippen LogP contribution in [0.2, 0.25) is 0 Å². The summed E-state index contributed by atoms with van der Waals surface area (Å²) in [5.74, 6) is 0.234. The van der Waals surface area contributed by atoms with Gasteiger partial charge in [0.05, 0.1) is 11.9 Å². The van der Waals surface area contributed by atoms with Crippen molar-refractivity contribution in [2.75, 3.05) is 11.9 Å². The SMILES string of the molecule is O=c1[nH]c(NC(c2ccccc2)(c2ccccc2)c2ccccc2)nc2c1nc1n2[C@@H]2O[C@H](COC(c3ccccc3)(c3ccccc3)c3ccccc3)[C@@H](F)[C@@H]2S1. The predicted octanol–water partition coefficient (Wildman–Crippen LogP) is 9.24. The van der Waals surface area contributed by atoms with E-state index in [4.69, 9.17) is 14.5 Å². The van der Waals surface area contributed by atoms with Crippen LogP contribution in [-0.2, 0) is 20.6 Å². The molecule has 0 spiro atoms. The lowest BCUT2D eigenvalue weighted by atomic mass is 9.77. The number of rotatable bonds is 11. The molecule has 6 aromatic carbocycles. The van der Waals surface area contributed by atoms with E-state index in [-0.39, 0.29) is 18.1 Å². The maximum Gasteiger partial charge on any atom is 0.280 e. The van der Waals surface area contributed by atoms with Crippen molar-refractivity contribution < 1.29 is 13.9 Å². The highest BCUT2D eigenvalue weighted by Crippen LogP contribution is 2.51. The molecule has 4 heterocycles. The van der Waals surface area contributed by atoms with Gasteiger partial charge in [0, 0.05) is 0 Å². The maximum atomic E-state index is 16.7. The summed E-state index contributed by atoms with van der Waals surface area (Å²) in [4.78, 5) is 26.5. The first-order chi connectivity index (χ1) is 28.6. The fourth-order valence-corrected chi connectivity index (χ4v) is 9.85. The van der Waals surface area contributed by atoms with Crippen LogP contribution >= 0.6 is 11.8 Å². The van der Waals surface area contributed by atoms with Crippen molar-refractivity contribution in [3.8, 4) is 0 Å². The van der Waals surface area contributed by atoms with Gasteiger partial charge in [0.25, 0.3) is 5.56 Å². The van der Waals surface area contributed by atoms with Gasteiger partial charge in [-0.1, -0.05) is 194 Å². The van der Waals surface area contributed by atoms with Gasteiger partial charge in [-0.15, -0.1) is 0 Å². The molecule has 286 valence electrons. The Kier molecular flexibility index (Phi) is 9.24. The van der Waals surface area contributed by atoms with Crippen molar-refractivity contribution in [1.29, 1.82) is 0 Å². The van der Waals surface area contributed by atoms with Crippen molar-refractivity contribution in [1.82, 2.24) is 19.5 Å². The Morgan fingerprint density at radius 1 is 0.655 bits per heavy atom. The van der Waals surface area contributed by atoms with Gasteiger partial charge < -0.3 is 14.8 Å². The number of nitrogens with zero attached hydrogens (tertiary/aromatic N) is 3. The molecule has 0 radical (unpaired) electrons. The number of thioether (sulfide) groups is 1. The van der Waals surface area contributed by atoms with Crippen LogP contribution in [0.4, 0.5) is 10.3 Å². The predicted molar refractivity (Wildman–Crippen MR) is 225 cm³/mol. The fraction of sp³-hybridized carbons (Fsp3) is 0.146. The van der Waals surface area contributed by atoms with Gasteiger partial charge in [-0.2, -0.15) is 4.98 Å². The molecule has 1 fully saturated rings. The second-order valence-corrected chi connectivity index (χ2v) is 15.7. The molecule has 4 atom stereocenters. The number of hydrogen-bond donors (Lipinski definition) is 2. The van der Waals surface area contributed by atoms with E-state index in [1.54, 1.807) is 4.57 Å². The first-order valence-electron chi connectivity index (χ1n) is 19.3. The summed E-state index contributed by atoms with van der Waals surface area (Å²) in [5, 5.41) is 3.53. The van der Waals surface area contributed by atoms with Crippen LogP contribution in [-0.4, -0.2) is 43.7 Å². The lowest BCUT2D eigenvalue weighted by molar-refractivity contribution is -0.0860. The van der Waals surface area contributed by atoms with E-state index in [1.165, 1.54) is 11.8 Å². The molecule has 0 saturated carbocycles. The number of aromatic amines is 1. The Morgan fingerprint density at radius 3 is 1.53 bits per heavy atom. The van der Waals surface area contributed by atoms with Crippen molar-refractivity contribution in [2.24, 2.45) is 0 Å². The number of nitrogens with one attached hydrogen (secondary N) is 2. The number of H-pyrrole nitrogens is 1. The Hall–Kier alpha value is -6.33. The van der Waals surface area contributed by atoms with Gasteiger partial charge in [0.1, 0.15) is 23.4 Å². The molecule has 0 aliphatic carbocycles. The van der Waals surface area contributed by atoms with Gasteiger partial charge in [-0.05, 0) is 33.4 Å². The number of benzene rings is 6. The molecule has 2 aromatic heterocycles. The molecule has 2 aliphatic heterocycles. The monoisotopic (exact) mass is 783 g/mol. The highest BCUT2D eigenvalue weighted by molar-refractivity contribution is 8.00. The van der Waals surface area contributed by atoms with E-state index in [0.29, 0.717) is 10.8 Å². The van der Waals surface area contributed by atoms with E-state index in [1.807, 2.05) is 146 Å². The highest BCUT2D eigenvalue weighted by atomic mass is 32.2. The van der Waals surface area contributed by atoms with E-state index >= 15 is 4.39 Å². The molecule has 10 heteroatoms. The zero-order valence-corrected chi connectivity index (χ0v) is 32.0. The van der Waals surface area contributed by atoms with Gasteiger partial charge in [-0.3, -0.25) is 14.3 Å². The van der Waals surface area contributed by atoms with Crippen molar-refractivity contribution in [3.05, 3.63) is 226 Å². The average Bonchev–Trinajstić information content (AvgIpc) is 3.93. The number of anilines is 1. The van der Waals surface area contributed by atoms with Gasteiger partial charge in [-0.25, -0.2) is 9.37 Å². The summed E-state index contributed by atoms with van der Waals surface area (Å²) in [6.07, 6.45) is -3.07. The third kappa shape index (κ3) is 5.95. The van der Waals surface area contributed by atoms with E-state index in [9.17, 15) is 4.79 Å². The number of aromatic nitrogens is 4. The molecule has 58 heavy (non-hydrogen) atoms. The molecular weight excluding hydrogens is 746 g/mol. The number of halogens is 1. The normalized spacial score (nSPS) is 18.8. The summed E-state index contributed by atoms with van der Waals surface area (Å²) < 4.78 is 32.1. The molecule has 10 rings (SSSR count). The molecule has 0 bridgehead atoms. The summed E-state index contributed by atoms with van der Waals surface area (Å²) in [6.45, 7) is -0.0378. The Balaban J connectivity index is 1.02. The number of imidazole rings is 1. The van der Waals surface area contributed by atoms with Crippen LogP contribution in [0.15, 0.2) is 192 Å². The largest absolute Gasteiger partial charge is 0.358 e. The topological polar surface area (TPSA) is 94.1 Å². The van der Waals surface area contributed by atoms with Gasteiger partial charge in [0.15, 0.2) is 22.5 Å². The smallest absolute Gasteiger partial charge is 0.280 e. The minimum Gasteiger partial charge on any atom is -0.358 e. The van der Waals surface area contributed by atoms with Crippen LogP contribution in [0.5, 0.6) is 0 Å². The minimum absolute atomic E-state index is 0.0378. The number of ether oxygens (including phenoxy) is 2. The summed E-state index contributed by atoms with van der Waals surface area (Å²) >= 11 is 1.27. The second kappa shape index (κ2) is 14.9. The molecule has 8 nitrogen and oxygen atoms in total. The van der Waals surface area contributed by atoms with Crippen molar-refractivity contribution in [3.63, 3.8) is 0 Å². The molecular formula is C48H38FN5O3S. The Morgan fingerprint density at radius 2 is 1.09 bits per heavy atom. The molecule has 1 saturated heterocycles. The lowest BCUT2D eigenvalue weighted by Gasteiger charge is -2.37. The van der Waals surface area contributed by atoms with Crippen LogP contribution in [0.1, 0.15) is 39.6 Å². The van der Waals surface area contributed by atoms with Crippen LogP contribution in [0.25, 0.3) is 11.2 Å². The third-order valence-corrected chi connectivity index (χ3v) is 12.5. The maximum absolute atomic E-state index is 16.7. The first kappa shape index (κ1) is 36.0. The summed E-state index contributed by atoms with van der Waals surface area (Å²) in [5.41, 5.74) is 3.66. The molecule has 0 amide bonds. The summed E-state index contributed by atoms with van der Waals surface area (Å²) in [7, 11) is 0. The van der Waals surface area contributed by atoms with E-state index in [0.717, 1.165) is 33.4 Å². The molecule has 0 unspecified atom stereocenters. The fourth-order valence-electron chi connectivity index (χ4n) is 8.55. The third-order valence-electron chi connectivity index (χ3n) is 11.2. The number of alkyl halides is 1. The zero-order chi connectivity index (χ0) is 39.1. The van der Waals surface area contributed by atoms with Crippen molar-refractivity contribution >= 4 is 28.9 Å². The van der Waals surface area contributed by atoms with Crippen LogP contribution < -0.4 is 10.9 Å². The quantitative estimate of drug-likeness (QED) is 0.126. The van der Waals surface area contributed by atoms with Crippen LogP contribution in [0.3, 0.4) is 0 Å². The van der Waals surface area contributed by atoms with Gasteiger partial charge in [0.2, 0.25) is 5.95 Å². The molecule has 2 N–H and O–H groups in total. The van der Waals surface area contributed by atoms with Gasteiger partial charge >= 0.3 is 0 Å². The van der Waals surface area contributed by atoms with Crippen LogP contribution in [0, 0.1) is 0 Å². The van der Waals surface area contributed by atoms with Crippen molar-refractivity contribution in [2.45, 2.75) is 40.0 Å². The first-order valence-corrected chi connectivity index (χ1v) is 20.2. The lowest BCUT2D eigenvalue weighted by Crippen LogP contribution is -2.39. The zero-order valence-electron chi connectivity index (χ0n) is 31.2. The standard InChI is InChI=1S/C48H38FN5O3S/c49-39-38(31-56-48(35-25-13-4-14-26-35,36-27-15-5-16-28-36)37-29-17-6-18-30-37)57-44-41(39)58-46-50-40-42(54(44)46)51-45(52-43(40)55)53-47(32-19-7-1-8-20-32,33-21-9-2-10-22-33)34-23-11-3-12-24-34/h1-30,38-39,41,44H,31H2,(H2,51,52,53,55)/t38-,39-,41+,44-/m1/s1. The summed E-state index contributed by atoms with van der Waals surface area (Å²) in [6, 6.07) is 60.2. The highest BCUT2D eigenvalue weighted by Gasteiger charge is 2.53. The second-order valence-electron chi connectivity index (χ2n) is 14.5. The minimum atomic E-state index is -1.40. The number of fused-ring (bicyclic) bond motifs is 5. The Labute approximate surface area is 338 Å². The van der Waals surface area contributed by atoms with E-state index < -0.39 is 40.5 Å². The average molecular weight is 784 g/mol. The van der Waals surface area contributed by atoms with E-state index in [2.05, 4.69) is 51.7 Å². The Bertz CT molecular complexity index is 2530. The molecule has 8 aromatic rings. The molecule has 2 aliphatic rings. The number of hydrogen-bond acceptors (Lipinski definition) is 7.